The first-order valence-corrected chi connectivity index (χ1v) is 8.37. The molecule has 3 unspecified atom stereocenters. The third-order valence-corrected chi connectivity index (χ3v) is 8.32. The molecule has 0 aromatic rings. The van der Waals surface area contributed by atoms with Crippen molar-refractivity contribution in [3.63, 3.8) is 0 Å². The molecule has 0 amide bonds. The Morgan fingerprint density at radius 2 is 2.00 bits per heavy atom. The molecule has 2 heterocycles. The van der Waals surface area contributed by atoms with Crippen molar-refractivity contribution in [1.29, 1.82) is 0 Å². The molecule has 5 nitrogen and oxygen atoms in total. The van der Waals surface area contributed by atoms with E-state index >= 15 is 0 Å². The van der Waals surface area contributed by atoms with Gasteiger partial charge in [-0.1, -0.05) is 25.1 Å². The standard InChI is InChI=1S/C16H24N4O/c1-14(2)15(3)10-11-13(18-20(21)16(11,14)4)9-7-5-6-8(9)12(10)17-19-15/h8-11,13,19H,5-7H2,1-4H3/t8?,9-,10-,11?,13-,15?,16-/m1/s1. The van der Waals surface area contributed by atoms with Crippen molar-refractivity contribution in [1.82, 2.24) is 5.43 Å². The van der Waals surface area contributed by atoms with Crippen molar-refractivity contribution >= 4 is 5.71 Å². The van der Waals surface area contributed by atoms with Crippen molar-refractivity contribution in [3.8, 4) is 0 Å². The zero-order valence-corrected chi connectivity index (χ0v) is 13.3. The molecule has 0 radical (unpaired) electrons. The maximum absolute atomic E-state index is 12.8. The third kappa shape index (κ3) is 0.958. The fourth-order valence-electron chi connectivity index (χ4n) is 6.59. The van der Waals surface area contributed by atoms with E-state index in [1.165, 1.54) is 25.0 Å². The number of rotatable bonds is 0. The Morgan fingerprint density at radius 3 is 2.76 bits per heavy atom. The summed E-state index contributed by atoms with van der Waals surface area (Å²) in [6.45, 7) is 8.88. The van der Waals surface area contributed by atoms with Crippen LogP contribution in [-0.4, -0.2) is 27.7 Å². The molecule has 5 aliphatic rings. The van der Waals surface area contributed by atoms with Gasteiger partial charge in [0.05, 0.1) is 16.9 Å². The van der Waals surface area contributed by atoms with E-state index in [-0.39, 0.29) is 17.0 Å². The molecular formula is C16H24N4O. The number of azo groups is 1. The SMILES string of the molecule is CC12NN=C3C4CCC[C@H]4[C@H]4N=[N+]([O-])[C@](C)(C4[C@H]31)C2(C)C. The van der Waals surface area contributed by atoms with Crippen molar-refractivity contribution < 1.29 is 4.86 Å². The average molecular weight is 288 g/mol. The molecule has 3 aliphatic carbocycles. The van der Waals surface area contributed by atoms with Crippen LogP contribution in [-0.2, 0) is 0 Å². The molecule has 0 aromatic heterocycles. The van der Waals surface area contributed by atoms with Crippen molar-refractivity contribution in [2.45, 2.75) is 64.1 Å². The first-order valence-electron chi connectivity index (χ1n) is 8.37. The zero-order valence-electron chi connectivity index (χ0n) is 13.3. The number of hydroxylamine groups is 1. The molecule has 21 heavy (non-hydrogen) atoms. The van der Waals surface area contributed by atoms with E-state index < -0.39 is 5.54 Å². The summed E-state index contributed by atoms with van der Waals surface area (Å²) in [5, 5.41) is 22.3. The van der Waals surface area contributed by atoms with E-state index in [9.17, 15) is 5.21 Å². The van der Waals surface area contributed by atoms with Gasteiger partial charge in [0.25, 0.3) is 0 Å². The molecule has 114 valence electrons. The van der Waals surface area contributed by atoms with Crippen molar-refractivity contribution in [2.24, 2.45) is 39.3 Å². The van der Waals surface area contributed by atoms with E-state index in [1.807, 2.05) is 0 Å². The smallest absolute Gasteiger partial charge is 0.209 e. The van der Waals surface area contributed by atoms with Gasteiger partial charge in [-0.3, -0.25) is 0 Å². The average Bonchev–Trinajstić information content (AvgIpc) is 3.10. The van der Waals surface area contributed by atoms with Crippen molar-refractivity contribution in [2.75, 3.05) is 0 Å². The van der Waals surface area contributed by atoms with Gasteiger partial charge in [-0.25, -0.2) is 0 Å². The number of hydrazone groups is 1. The first kappa shape index (κ1) is 12.4. The Bertz CT molecular complexity index is 611. The molecule has 7 atom stereocenters. The molecule has 0 bridgehead atoms. The summed E-state index contributed by atoms with van der Waals surface area (Å²) in [7, 11) is 0. The lowest BCUT2D eigenvalue weighted by Crippen LogP contribution is -2.58. The lowest BCUT2D eigenvalue weighted by atomic mass is 9.62. The third-order valence-electron chi connectivity index (χ3n) is 8.32. The van der Waals surface area contributed by atoms with Crippen LogP contribution in [0.4, 0.5) is 0 Å². The van der Waals surface area contributed by atoms with E-state index in [1.54, 1.807) is 0 Å². The zero-order chi connectivity index (χ0) is 14.8. The van der Waals surface area contributed by atoms with Gasteiger partial charge >= 0.3 is 0 Å². The molecule has 0 spiro atoms. The number of fused-ring (bicyclic) bond motifs is 3. The molecule has 3 saturated carbocycles. The van der Waals surface area contributed by atoms with Gasteiger partial charge in [-0.2, -0.15) is 5.10 Å². The highest BCUT2D eigenvalue weighted by atomic mass is 16.5. The summed E-state index contributed by atoms with van der Waals surface area (Å²) < 4.78 is 0. The quantitative estimate of drug-likeness (QED) is 0.550. The Balaban J connectivity index is 1.79. The molecule has 5 heteroatoms. The molecule has 3 fully saturated rings. The van der Waals surface area contributed by atoms with Gasteiger partial charge in [0.15, 0.2) is 0 Å². The summed E-state index contributed by atoms with van der Waals surface area (Å²) in [5.41, 5.74) is 4.14. The van der Waals surface area contributed by atoms with E-state index in [0.29, 0.717) is 23.7 Å². The normalized spacial score (nSPS) is 58.4. The predicted octanol–water partition coefficient (Wildman–Crippen LogP) is 2.51. The van der Waals surface area contributed by atoms with Gasteiger partial charge in [0.2, 0.25) is 5.54 Å². The van der Waals surface area contributed by atoms with Crippen LogP contribution in [0, 0.1) is 34.3 Å². The van der Waals surface area contributed by atoms with Crippen LogP contribution < -0.4 is 5.43 Å². The van der Waals surface area contributed by atoms with Crippen LogP contribution in [0.2, 0.25) is 0 Å². The Morgan fingerprint density at radius 1 is 1.24 bits per heavy atom. The Kier molecular flexibility index (Phi) is 1.85. The topological polar surface area (TPSA) is 62.8 Å². The molecule has 1 N–H and O–H groups in total. The molecular weight excluding hydrogens is 264 g/mol. The summed E-state index contributed by atoms with van der Waals surface area (Å²) in [6.07, 6.45) is 3.70. The highest BCUT2D eigenvalue weighted by molar-refractivity contribution is 5.94. The Labute approximate surface area is 125 Å². The lowest BCUT2D eigenvalue weighted by Gasteiger charge is -2.42. The molecule has 2 aliphatic heterocycles. The summed E-state index contributed by atoms with van der Waals surface area (Å²) in [5.74, 6) is 1.80. The van der Waals surface area contributed by atoms with E-state index in [0.717, 1.165) is 4.86 Å². The minimum absolute atomic E-state index is 0.119. The number of hydrogen-bond donors (Lipinski definition) is 1. The molecule has 5 rings (SSSR count). The first-order chi connectivity index (χ1) is 9.84. The largest absolute Gasteiger partial charge is 0.599 e. The van der Waals surface area contributed by atoms with Gasteiger partial charge in [-0.05, 0) is 30.8 Å². The maximum atomic E-state index is 12.8. The van der Waals surface area contributed by atoms with E-state index in [4.69, 9.17) is 5.10 Å². The van der Waals surface area contributed by atoms with Crippen LogP contribution in [0.15, 0.2) is 10.2 Å². The fourth-order valence-corrected chi connectivity index (χ4v) is 6.59. The molecule has 0 saturated heterocycles. The number of hydrogen-bond acceptors (Lipinski definition) is 4. The van der Waals surface area contributed by atoms with Crippen LogP contribution in [0.1, 0.15) is 47.0 Å². The van der Waals surface area contributed by atoms with E-state index in [2.05, 4.69) is 38.2 Å². The minimum atomic E-state index is -0.418. The van der Waals surface area contributed by atoms with Crippen LogP contribution in [0.5, 0.6) is 0 Å². The second kappa shape index (κ2) is 3.13. The van der Waals surface area contributed by atoms with Crippen LogP contribution in [0.25, 0.3) is 0 Å². The fraction of sp³-hybridized carbons (Fsp3) is 0.938. The highest BCUT2D eigenvalue weighted by Crippen LogP contribution is 2.69. The van der Waals surface area contributed by atoms with Crippen LogP contribution in [0.3, 0.4) is 0 Å². The number of nitrogens with one attached hydrogen (secondary N) is 1. The lowest BCUT2D eigenvalue weighted by molar-refractivity contribution is -0.613. The highest BCUT2D eigenvalue weighted by Gasteiger charge is 2.83. The predicted molar refractivity (Wildman–Crippen MR) is 78.8 cm³/mol. The van der Waals surface area contributed by atoms with Crippen molar-refractivity contribution in [3.05, 3.63) is 5.21 Å². The van der Waals surface area contributed by atoms with Gasteiger partial charge in [-0.15, -0.1) is 0 Å². The summed E-state index contributed by atoms with van der Waals surface area (Å²) >= 11 is 0. The summed E-state index contributed by atoms with van der Waals surface area (Å²) in [4.78, 5) is 1.09. The van der Waals surface area contributed by atoms with Gasteiger partial charge in [0.1, 0.15) is 6.04 Å². The number of nitrogens with zero attached hydrogens (tertiary/aromatic N) is 3. The molecule has 0 aromatic carbocycles. The minimum Gasteiger partial charge on any atom is -0.599 e. The van der Waals surface area contributed by atoms with Gasteiger partial charge < -0.3 is 10.6 Å². The summed E-state index contributed by atoms with van der Waals surface area (Å²) in [6, 6.07) is 0.213. The second-order valence-electron chi connectivity index (χ2n) is 8.71. The Hall–Kier alpha value is -1.13. The van der Waals surface area contributed by atoms with Crippen LogP contribution >= 0.6 is 0 Å². The maximum Gasteiger partial charge on any atom is 0.209 e. The van der Waals surface area contributed by atoms with Gasteiger partial charge in [0, 0.05) is 24.5 Å². The second-order valence-corrected chi connectivity index (χ2v) is 8.71. The monoisotopic (exact) mass is 288 g/mol.